The average molecular weight is 398 g/mol. The van der Waals surface area contributed by atoms with Gasteiger partial charge in [0.25, 0.3) is 5.56 Å². The fourth-order valence-corrected chi connectivity index (χ4v) is 3.29. The SMILES string of the molecule is COc1ccc(OCCCSc2nc(-c3ccc(OC)cc3)cc(=O)[nH]2)cc1. The summed E-state index contributed by atoms with van der Waals surface area (Å²) < 4.78 is 16.0. The number of rotatable bonds is 9. The van der Waals surface area contributed by atoms with E-state index in [1.165, 1.54) is 17.8 Å². The maximum Gasteiger partial charge on any atom is 0.252 e. The standard InChI is InChI=1S/C21H22N2O4S/c1-25-16-6-4-15(5-7-16)19-14-20(24)23-21(22-19)28-13-3-12-27-18-10-8-17(26-2)9-11-18/h4-11,14H,3,12-13H2,1-2H3,(H,22,23,24). The predicted octanol–water partition coefficient (Wildman–Crippen LogP) is 4.02. The lowest BCUT2D eigenvalue weighted by Crippen LogP contribution is -2.08. The van der Waals surface area contributed by atoms with E-state index in [2.05, 4.69) is 9.97 Å². The lowest BCUT2D eigenvalue weighted by atomic mass is 10.1. The number of thioether (sulfide) groups is 1. The fourth-order valence-electron chi connectivity index (χ4n) is 2.50. The molecule has 6 nitrogen and oxygen atoms in total. The van der Waals surface area contributed by atoms with Crippen molar-refractivity contribution in [2.45, 2.75) is 11.6 Å². The Labute approximate surface area is 167 Å². The first-order chi connectivity index (χ1) is 13.7. The van der Waals surface area contributed by atoms with Crippen LogP contribution in [0, 0.1) is 0 Å². The summed E-state index contributed by atoms with van der Waals surface area (Å²) in [5.41, 5.74) is 1.35. The normalized spacial score (nSPS) is 10.5. The molecule has 2 aromatic carbocycles. The summed E-state index contributed by atoms with van der Waals surface area (Å²) in [6, 6.07) is 16.5. The highest BCUT2D eigenvalue weighted by atomic mass is 32.2. The van der Waals surface area contributed by atoms with Crippen molar-refractivity contribution in [1.29, 1.82) is 0 Å². The van der Waals surface area contributed by atoms with Crippen LogP contribution in [0.2, 0.25) is 0 Å². The van der Waals surface area contributed by atoms with E-state index in [9.17, 15) is 4.79 Å². The molecule has 0 saturated heterocycles. The first-order valence-electron chi connectivity index (χ1n) is 8.83. The van der Waals surface area contributed by atoms with Gasteiger partial charge in [0.15, 0.2) is 5.16 Å². The number of H-pyrrole nitrogens is 1. The number of benzene rings is 2. The molecule has 3 aromatic rings. The molecule has 0 amide bonds. The second kappa shape index (κ2) is 9.85. The summed E-state index contributed by atoms with van der Waals surface area (Å²) >= 11 is 1.50. The second-order valence-corrected chi connectivity index (χ2v) is 6.97. The van der Waals surface area contributed by atoms with Crippen LogP contribution in [0.15, 0.2) is 64.5 Å². The first kappa shape index (κ1) is 19.8. The van der Waals surface area contributed by atoms with Crippen LogP contribution in [0.25, 0.3) is 11.3 Å². The van der Waals surface area contributed by atoms with Crippen molar-refractivity contribution in [3.05, 3.63) is 65.0 Å². The molecule has 0 radical (unpaired) electrons. The van der Waals surface area contributed by atoms with Gasteiger partial charge < -0.3 is 19.2 Å². The van der Waals surface area contributed by atoms with Gasteiger partial charge in [-0.05, 0) is 55.0 Å². The molecule has 1 aromatic heterocycles. The van der Waals surface area contributed by atoms with Crippen molar-refractivity contribution in [2.75, 3.05) is 26.6 Å². The topological polar surface area (TPSA) is 73.4 Å². The van der Waals surface area contributed by atoms with Crippen molar-refractivity contribution in [3.8, 4) is 28.5 Å². The quantitative estimate of drug-likeness (QED) is 0.333. The Morgan fingerprint density at radius 2 is 1.54 bits per heavy atom. The van der Waals surface area contributed by atoms with Crippen LogP contribution in [0.3, 0.4) is 0 Å². The van der Waals surface area contributed by atoms with E-state index in [1.54, 1.807) is 14.2 Å². The van der Waals surface area contributed by atoms with Gasteiger partial charge in [0.05, 0.1) is 26.5 Å². The predicted molar refractivity (Wildman–Crippen MR) is 111 cm³/mol. The minimum Gasteiger partial charge on any atom is -0.497 e. The summed E-state index contributed by atoms with van der Waals surface area (Å²) in [4.78, 5) is 19.3. The molecular weight excluding hydrogens is 376 g/mol. The van der Waals surface area contributed by atoms with Gasteiger partial charge in [-0.1, -0.05) is 11.8 Å². The zero-order valence-electron chi connectivity index (χ0n) is 15.8. The highest BCUT2D eigenvalue weighted by Gasteiger charge is 2.05. The molecule has 0 fully saturated rings. The summed E-state index contributed by atoms with van der Waals surface area (Å²) in [6.45, 7) is 0.585. The Bertz CT molecular complexity index is 940. The summed E-state index contributed by atoms with van der Waals surface area (Å²) in [5.74, 6) is 3.15. The molecule has 1 N–H and O–H groups in total. The molecule has 0 aliphatic heterocycles. The van der Waals surface area contributed by atoms with Crippen LogP contribution >= 0.6 is 11.8 Å². The molecule has 1 heterocycles. The van der Waals surface area contributed by atoms with Crippen molar-refractivity contribution < 1.29 is 14.2 Å². The largest absolute Gasteiger partial charge is 0.497 e. The number of hydrogen-bond donors (Lipinski definition) is 1. The third-order valence-corrected chi connectivity index (χ3v) is 4.92. The minimum atomic E-state index is -0.169. The highest BCUT2D eigenvalue weighted by molar-refractivity contribution is 7.99. The number of nitrogens with one attached hydrogen (secondary N) is 1. The van der Waals surface area contributed by atoms with Crippen LogP contribution in [0.1, 0.15) is 6.42 Å². The van der Waals surface area contributed by atoms with Crippen molar-refractivity contribution in [1.82, 2.24) is 9.97 Å². The molecule has 28 heavy (non-hydrogen) atoms. The van der Waals surface area contributed by atoms with Crippen LogP contribution < -0.4 is 19.8 Å². The lowest BCUT2D eigenvalue weighted by molar-refractivity contribution is 0.318. The average Bonchev–Trinajstić information content (AvgIpc) is 2.73. The van der Waals surface area contributed by atoms with Gasteiger partial charge in [0.2, 0.25) is 0 Å². The Morgan fingerprint density at radius 1 is 0.929 bits per heavy atom. The molecule has 7 heteroatoms. The maximum atomic E-state index is 12.0. The lowest BCUT2D eigenvalue weighted by Gasteiger charge is -2.07. The Morgan fingerprint density at radius 3 is 2.18 bits per heavy atom. The van der Waals surface area contributed by atoms with Gasteiger partial charge in [-0.3, -0.25) is 4.79 Å². The zero-order chi connectivity index (χ0) is 19.8. The molecular formula is C21H22N2O4S. The second-order valence-electron chi connectivity index (χ2n) is 5.89. The molecule has 0 aliphatic carbocycles. The fraction of sp³-hybridized carbons (Fsp3) is 0.238. The van der Waals surface area contributed by atoms with E-state index in [4.69, 9.17) is 14.2 Å². The number of hydrogen-bond acceptors (Lipinski definition) is 6. The Kier molecular flexibility index (Phi) is 6.97. The number of ether oxygens (including phenoxy) is 3. The molecule has 0 spiro atoms. The molecule has 146 valence electrons. The van der Waals surface area contributed by atoms with Gasteiger partial charge in [-0.15, -0.1) is 0 Å². The van der Waals surface area contributed by atoms with Gasteiger partial charge >= 0.3 is 0 Å². The van der Waals surface area contributed by atoms with Crippen LogP contribution in [0.4, 0.5) is 0 Å². The van der Waals surface area contributed by atoms with Gasteiger partial charge in [0.1, 0.15) is 17.2 Å². The molecule has 0 unspecified atom stereocenters. The summed E-state index contributed by atoms with van der Waals surface area (Å²) in [6.07, 6.45) is 0.827. The van der Waals surface area contributed by atoms with Crippen molar-refractivity contribution >= 4 is 11.8 Å². The number of methoxy groups -OCH3 is 2. The Balaban J connectivity index is 1.52. The summed E-state index contributed by atoms with van der Waals surface area (Å²) in [7, 11) is 3.25. The van der Waals surface area contributed by atoms with Crippen LogP contribution in [0.5, 0.6) is 17.2 Å². The molecule has 0 atom stereocenters. The van der Waals surface area contributed by atoms with Crippen LogP contribution in [-0.4, -0.2) is 36.5 Å². The van der Waals surface area contributed by atoms with Gasteiger partial charge in [-0.2, -0.15) is 0 Å². The molecule has 3 rings (SSSR count). The third kappa shape index (κ3) is 5.53. The van der Waals surface area contributed by atoms with E-state index in [-0.39, 0.29) is 5.56 Å². The number of aromatic nitrogens is 2. The van der Waals surface area contributed by atoms with Crippen molar-refractivity contribution in [3.63, 3.8) is 0 Å². The minimum absolute atomic E-state index is 0.169. The smallest absolute Gasteiger partial charge is 0.252 e. The number of aromatic amines is 1. The number of nitrogens with zero attached hydrogens (tertiary/aromatic N) is 1. The van der Waals surface area contributed by atoms with Crippen molar-refractivity contribution in [2.24, 2.45) is 0 Å². The van der Waals surface area contributed by atoms with Gasteiger partial charge in [0, 0.05) is 17.4 Å². The zero-order valence-corrected chi connectivity index (χ0v) is 16.6. The molecule has 0 saturated carbocycles. The van der Waals surface area contributed by atoms with Gasteiger partial charge in [-0.25, -0.2) is 4.98 Å². The molecule has 0 aliphatic rings. The van der Waals surface area contributed by atoms with E-state index in [0.29, 0.717) is 17.5 Å². The van der Waals surface area contributed by atoms with Crippen LogP contribution in [-0.2, 0) is 0 Å². The highest BCUT2D eigenvalue weighted by Crippen LogP contribution is 2.22. The first-order valence-corrected chi connectivity index (χ1v) is 9.82. The van der Waals surface area contributed by atoms with E-state index < -0.39 is 0 Å². The third-order valence-electron chi connectivity index (χ3n) is 3.96. The van der Waals surface area contributed by atoms with E-state index >= 15 is 0 Å². The monoisotopic (exact) mass is 398 g/mol. The molecule has 0 bridgehead atoms. The maximum absolute atomic E-state index is 12.0. The van der Waals surface area contributed by atoms with E-state index in [0.717, 1.165) is 35.0 Å². The van der Waals surface area contributed by atoms with E-state index in [1.807, 2.05) is 48.5 Å². The summed E-state index contributed by atoms with van der Waals surface area (Å²) in [5, 5.41) is 0.600. The Hall–Kier alpha value is -2.93.